The van der Waals surface area contributed by atoms with Crippen LogP contribution in [0.1, 0.15) is 46.0 Å². The van der Waals surface area contributed by atoms with E-state index in [0.29, 0.717) is 25.4 Å². The van der Waals surface area contributed by atoms with E-state index in [1.165, 1.54) is 19.3 Å². The number of hydrogen-bond donors (Lipinski definition) is 2. The van der Waals surface area contributed by atoms with Crippen LogP contribution in [-0.2, 0) is 4.79 Å². The number of nitriles is 1. The Morgan fingerprint density at radius 2 is 2.18 bits per heavy atom. The summed E-state index contributed by atoms with van der Waals surface area (Å²) < 4.78 is 0. The van der Waals surface area contributed by atoms with Crippen LogP contribution in [0.5, 0.6) is 0 Å². The second kappa shape index (κ2) is 11.4. The predicted molar refractivity (Wildman–Crippen MR) is 69.4 cm³/mol. The maximum absolute atomic E-state index is 11.3. The highest BCUT2D eigenvalue weighted by Crippen LogP contribution is 2.10. The Labute approximate surface area is 105 Å². The Morgan fingerprint density at radius 1 is 1.41 bits per heavy atom. The fourth-order valence-corrected chi connectivity index (χ4v) is 1.65. The van der Waals surface area contributed by atoms with E-state index in [9.17, 15) is 4.79 Å². The van der Waals surface area contributed by atoms with Crippen LogP contribution in [0.15, 0.2) is 0 Å². The molecule has 0 aromatic rings. The Balaban J connectivity index is 3.52. The van der Waals surface area contributed by atoms with Crippen molar-refractivity contribution in [2.24, 2.45) is 5.92 Å². The maximum Gasteiger partial charge on any atom is 0.233 e. The Kier molecular flexibility index (Phi) is 10.7. The molecular formula is C13H25N3O. The monoisotopic (exact) mass is 239 g/mol. The summed E-state index contributed by atoms with van der Waals surface area (Å²) >= 11 is 0. The van der Waals surface area contributed by atoms with Crippen molar-refractivity contribution in [2.75, 3.05) is 19.6 Å². The van der Waals surface area contributed by atoms with Gasteiger partial charge in [-0.3, -0.25) is 4.79 Å². The Bertz CT molecular complexity index is 235. The van der Waals surface area contributed by atoms with E-state index in [0.717, 1.165) is 13.0 Å². The van der Waals surface area contributed by atoms with Gasteiger partial charge in [0.05, 0.1) is 19.0 Å². The highest BCUT2D eigenvalue weighted by molar-refractivity contribution is 5.77. The van der Waals surface area contributed by atoms with Crippen molar-refractivity contribution in [1.82, 2.24) is 10.6 Å². The molecule has 0 bridgehead atoms. The van der Waals surface area contributed by atoms with Gasteiger partial charge in [-0.15, -0.1) is 0 Å². The average molecular weight is 239 g/mol. The first-order valence-electron chi connectivity index (χ1n) is 6.58. The molecule has 0 aliphatic heterocycles. The van der Waals surface area contributed by atoms with Crippen LogP contribution in [0.2, 0.25) is 0 Å². The fraction of sp³-hybridized carbons (Fsp3) is 0.846. The molecular weight excluding hydrogens is 214 g/mol. The first kappa shape index (κ1) is 15.9. The molecule has 98 valence electrons. The van der Waals surface area contributed by atoms with E-state index >= 15 is 0 Å². The fourth-order valence-electron chi connectivity index (χ4n) is 1.65. The molecule has 4 nitrogen and oxygen atoms in total. The number of hydrogen-bond acceptors (Lipinski definition) is 3. The molecule has 0 heterocycles. The molecule has 0 spiro atoms. The minimum atomic E-state index is -0.0226. The SMILES string of the molecule is CCCCC(CC)CNCC(=O)NCCC#N. The molecule has 0 aliphatic carbocycles. The number of amides is 1. The quantitative estimate of drug-likeness (QED) is 0.572. The number of nitrogens with zero attached hydrogens (tertiary/aromatic N) is 1. The number of unbranched alkanes of at least 4 members (excludes halogenated alkanes) is 1. The van der Waals surface area contributed by atoms with E-state index in [4.69, 9.17) is 5.26 Å². The number of carbonyl (C=O) groups excluding carboxylic acids is 1. The average Bonchev–Trinajstić information content (AvgIpc) is 2.34. The summed E-state index contributed by atoms with van der Waals surface area (Å²) in [6.07, 6.45) is 5.25. The Hall–Kier alpha value is -1.08. The van der Waals surface area contributed by atoms with Gasteiger partial charge in [-0.05, 0) is 18.9 Å². The largest absolute Gasteiger partial charge is 0.354 e. The van der Waals surface area contributed by atoms with Crippen LogP contribution in [0.4, 0.5) is 0 Å². The van der Waals surface area contributed by atoms with Gasteiger partial charge in [0.2, 0.25) is 5.91 Å². The summed E-state index contributed by atoms with van der Waals surface area (Å²) in [5.41, 5.74) is 0. The van der Waals surface area contributed by atoms with Crippen molar-refractivity contribution in [3.8, 4) is 6.07 Å². The van der Waals surface area contributed by atoms with E-state index in [1.807, 2.05) is 6.07 Å². The number of carbonyl (C=O) groups is 1. The predicted octanol–water partition coefficient (Wildman–Crippen LogP) is 1.82. The molecule has 1 unspecified atom stereocenters. The first-order chi connectivity index (χ1) is 8.24. The molecule has 0 fully saturated rings. The van der Waals surface area contributed by atoms with Gasteiger partial charge >= 0.3 is 0 Å². The molecule has 0 saturated carbocycles. The van der Waals surface area contributed by atoms with Gasteiger partial charge in [0.1, 0.15) is 0 Å². The zero-order valence-electron chi connectivity index (χ0n) is 11.1. The lowest BCUT2D eigenvalue weighted by Crippen LogP contribution is -2.36. The third-order valence-electron chi connectivity index (χ3n) is 2.82. The van der Waals surface area contributed by atoms with Crippen LogP contribution < -0.4 is 10.6 Å². The van der Waals surface area contributed by atoms with Gasteiger partial charge in [-0.1, -0.05) is 33.1 Å². The summed E-state index contributed by atoms with van der Waals surface area (Å²) in [5.74, 6) is 0.646. The molecule has 0 saturated heterocycles. The van der Waals surface area contributed by atoms with Crippen molar-refractivity contribution in [2.45, 2.75) is 46.0 Å². The minimum Gasteiger partial charge on any atom is -0.354 e. The Morgan fingerprint density at radius 3 is 2.76 bits per heavy atom. The van der Waals surface area contributed by atoms with E-state index in [-0.39, 0.29) is 5.91 Å². The van der Waals surface area contributed by atoms with Crippen LogP contribution in [0, 0.1) is 17.2 Å². The lowest BCUT2D eigenvalue weighted by molar-refractivity contribution is -0.120. The summed E-state index contributed by atoms with van der Waals surface area (Å²) in [4.78, 5) is 11.3. The van der Waals surface area contributed by atoms with E-state index in [2.05, 4.69) is 24.5 Å². The zero-order chi connectivity index (χ0) is 12.9. The van der Waals surface area contributed by atoms with Crippen LogP contribution in [0.25, 0.3) is 0 Å². The second-order valence-corrected chi connectivity index (χ2v) is 4.31. The van der Waals surface area contributed by atoms with Gasteiger partial charge in [0, 0.05) is 6.54 Å². The molecule has 1 atom stereocenters. The minimum absolute atomic E-state index is 0.0226. The normalized spacial score (nSPS) is 11.8. The van der Waals surface area contributed by atoms with Gasteiger partial charge in [0.15, 0.2) is 0 Å². The van der Waals surface area contributed by atoms with Gasteiger partial charge in [-0.2, -0.15) is 5.26 Å². The summed E-state index contributed by atoms with van der Waals surface area (Å²) in [6.45, 7) is 6.10. The molecule has 4 heteroatoms. The van der Waals surface area contributed by atoms with Gasteiger partial charge in [0.25, 0.3) is 0 Å². The van der Waals surface area contributed by atoms with Crippen molar-refractivity contribution in [3.63, 3.8) is 0 Å². The van der Waals surface area contributed by atoms with Crippen LogP contribution in [0.3, 0.4) is 0 Å². The van der Waals surface area contributed by atoms with E-state index in [1.54, 1.807) is 0 Å². The molecule has 0 rings (SSSR count). The van der Waals surface area contributed by atoms with E-state index < -0.39 is 0 Å². The number of nitrogens with one attached hydrogen (secondary N) is 2. The molecule has 0 aliphatic rings. The van der Waals surface area contributed by atoms with Gasteiger partial charge < -0.3 is 10.6 Å². The maximum atomic E-state index is 11.3. The second-order valence-electron chi connectivity index (χ2n) is 4.31. The summed E-state index contributed by atoms with van der Waals surface area (Å²) in [5, 5.41) is 14.2. The standard InChI is InChI=1S/C13H25N3O/c1-3-5-7-12(4-2)10-15-11-13(17)16-9-6-8-14/h12,15H,3-7,9-11H2,1-2H3,(H,16,17). The summed E-state index contributed by atoms with van der Waals surface area (Å²) in [6, 6.07) is 1.99. The smallest absolute Gasteiger partial charge is 0.233 e. The number of rotatable bonds is 10. The van der Waals surface area contributed by atoms with Crippen LogP contribution in [-0.4, -0.2) is 25.5 Å². The lowest BCUT2D eigenvalue weighted by Gasteiger charge is -2.14. The highest BCUT2D eigenvalue weighted by atomic mass is 16.1. The topological polar surface area (TPSA) is 64.9 Å². The lowest BCUT2D eigenvalue weighted by atomic mass is 9.99. The van der Waals surface area contributed by atoms with Crippen molar-refractivity contribution >= 4 is 5.91 Å². The first-order valence-corrected chi connectivity index (χ1v) is 6.58. The molecule has 0 aromatic carbocycles. The third kappa shape index (κ3) is 9.83. The molecule has 2 N–H and O–H groups in total. The van der Waals surface area contributed by atoms with Gasteiger partial charge in [-0.25, -0.2) is 0 Å². The summed E-state index contributed by atoms with van der Waals surface area (Å²) in [7, 11) is 0. The molecule has 0 aromatic heterocycles. The zero-order valence-corrected chi connectivity index (χ0v) is 11.1. The van der Waals surface area contributed by atoms with Crippen molar-refractivity contribution in [3.05, 3.63) is 0 Å². The molecule has 0 radical (unpaired) electrons. The van der Waals surface area contributed by atoms with Crippen molar-refractivity contribution < 1.29 is 4.79 Å². The highest BCUT2D eigenvalue weighted by Gasteiger charge is 2.06. The third-order valence-corrected chi connectivity index (χ3v) is 2.82. The molecule has 1 amide bonds. The van der Waals surface area contributed by atoms with Crippen molar-refractivity contribution in [1.29, 1.82) is 5.26 Å². The van der Waals surface area contributed by atoms with Crippen LogP contribution >= 0.6 is 0 Å². The molecule has 17 heavy (non-hydrogen) atoms.